The molecule has 0 aliphatic rings. The van der Waals surface area contributed by atoms with Crippen LogP contribution in [0.5, 0.6) is 0 Å². The Hall–Kier alpha value is -3.41. The number of nitrogens with one attached hydrogen (secondary N) is 2. The molecule has 6 nitrogen and oxygen atoms in total. The van der Waals surface area contributed by atoms with E-state index in [-0.39, 0.29) is 5.56 Å². The first-order valence-corrected chi connectivity index (χ1v) is 7.58. The van der Waals surface area contributed by atoms with E-state index in [1.54, 1.807) is 18.3 Å². The molecule has 0 spiro atoms. The quantitative estimate of drug-likeness (QED) is 0.608. The first-order chi connectivity index (χ1) is 11.7. The maximum atomic E-state index is 12.8. The molecule has 4 rings (SSSR count). The van der Waals surface area contributed by atoms with Crippen molar-refractivity contribution in [1.29, 1.82) is 0 Å². The molecule has 2 aromatic carbocycles. The molecule has 4 aromatic rings. The third-order valence-electron chi connectivity index (χ3n) is 3.83. The van der Waals surface area contributed by atoms with Gasteiger partial charge in [0.2, 0.25) is 0 Å². The van der Waals surface area contributed by atoms with Crippen molar-refractivity contribution in [3.05, 3.63) is 76.7 Å². The van der Waals surface area contributed by atoms with Crippen molar-refractivity contribution in [3.8, 4) is 5.69 Å². The van der Waals surface area contributed by atoms with Crippen molar-refractivity contribution >= 4 is 22.4 Å². The van der Waals surface area contributed by atoms with Gasteiger partial charge in [-0.25, -0.2) is 0 Å². The van der Waals surface area contributed by atoms with Gasteiger partial charge in [0.25, 0.3) is 5.56 Å². The Morgan fingerprint density at radius 3 is 2.46 bits per heavy atom. The highest BCUT2D eigenvalue weighted by atomic mass is 16.1. The number of rotatable bonds is 3. The summed E-state index contributed by atoms with van der Waals surface area (Å²) in [5, 5.41) is 15.9. The molecule has 24 heavy (non-hydrogen) atoms. The van der Waals surface area contributed by atoms with Gasteiger partial charge in [0.1, 0.15) is 0 Å². The standard InChI is InChI=1S/C18H15N5O/c1-12-6-8-13(9-7-12)23-18(24)15-5-3-2-4-14(15)17(22-23)20-16-10-11-19-21-16/h2-11H,1H3,(H2,19,20,21,22). The lowest BCUT2D eigenvalue weighted by Crippen LogP contribution is -2.22. The summed E-state index contributed by atoms with van der Waals surface area (Å²) in [5.41, 5.74) is 1.70. The number of aromatic amines is 1. The third-order valence-corrected chi connectivity index (χ3v) is 3.83. The molecule has 0 aliphatic heterocycles. The van der Waals surface area contributed by atoms with Gasteiger partial charge in [0.15, 0.2) is 11.6 Å². The van der Waals surface area contributed by atoms with Crippen molar-refractivity contribution in [1.82, 2.24) is 20.0 Å². The van der Waals surface area contributed by atoms with Gasteiger partial charge in [0.05, 0.1) is 11.1 Å². The van der Waals surface area contributed by atoms with Crippen LogP contribution in [0.1, 0.15) is 5.56 Å². The summed E-state index contributed by atoms with van der Waals surface area (Å²) in [6.45, 7) is 2.00. The van der Waals surface area contributed by atoms with Crippen molar-refractivity contribution in [2.45, 2.75) is 6.92 Å². The SMILES string of the molecule is Cc1ccc(-n2nc(Nc3cc[nH]n3)c3ccccc3c2=O)cc1. The monoisotopic (exact) mass is 317 g/mol. The van der Waals surface area contributed by atoms with Gasteiger partial charge >= 0.3 is 0 Å². The molecular formula is C18H15N5O. The van der Waals surface area contributed by atoms with E-state index in [0.29, 0.717) is 17.0 Å². The number of benzene rings is 2. The first kappa shape index (κ1) is 14.2. The van der Waals surface area contributed by atoms with Gasteiger partial charge < -0.3 is 5.32 Å². The van der Waals surface area contributed by atoms with Crippen molar-refractivity contribution < 1.29 is 0 Å². The molecule has 6 heteroatoms. The maximum Gasteiger partial charge on any atom is 0.279 e. The van der Waals surface area contributed by atoms with Crippen molar-refractivity contribution in [3.63, 3.8) is 0 Å². The molecule has 0 amide bonds. The summed E-state index contributed by atoms with van der Waals surface area (Å²) >= 11 is 0. The van der Waals surface area contributed by atoms with Crippen molar-refractivity contribution in [2.24, 2.45) is 0 Å². The van der Waals surface area contributed by atoms with E-state index in [2.05, 4.69) is 20.6 Å². The molecule has 0 saturated carbocycles. The number of H-pyrrole nitrogens is 1. The maximum absolute atomic E-state index is 12.8. The highest BCUT2D eigenvalue weighted by Crippen LogP contribution is 2.22. The number of hydrogen-bond donors (Lipinski definition) is 2. The molecule has 0 bridgehead atoms. The average Bonchev–Trinajstić information content (AvgIpc) is 3.11. The second kappa shape index (κ2) is 5.66. The molecule has 2 N–H and O–H groups in total. The highest BCUT2D eigenvalue weighted by Gasteiger charge is 2.12. The lowest BCUT2D eigenvalue weighted by molar-refractivity contribution is 0.825. The van der Waals surface area contributed by atoms with Crippen LogP contribution in [0, 0.1) is 6.92 Å². The summed E-state index contributed by atoms with van der Waals surface area (Å²) < 4.78 is 1.41. The predicted molar refractivity (Wildman–Crippen MR) is 93.9 cm³/mol. The minimum absolute atomic E-state index is 0.151. The zero-order valence-electron chi connectivity index (χ0n) is 13.0. The minimum atomic E-state index is -0.151. The summed E-state index contributed by atoms with van der Waals surface area (Å²) in [6, 6.07) is 16.9. The van der Waals surface area contributed by atoms with Crippen LogP contribution < -0.4 is 10.9 Å². The van der Waals surface area contributed by atoms with Gasteiger partial charge in [0, 0.05) is 17.6 Å². The number of nitrogens with zero attached hydrogens (tertiary/aromatic N) is 3. The van der Waals surface area contributed by atoms with E-state index in [1.165, 1.54) is 4.68 Å². The largest absolute Gasteiger partial charge is 0.321 e. The second-order valence-electron chi connectivity index (χ2n) is 5.53. The molecule has 2 heterocycles. The van der Waals surface area contributed by atoms with Crippen LogP contribution in [-0.4, -0.2) is 20.0 Å². The zero-order chi connectivity index (χ0) is 16.5. The molecule has 0 radical (unpaired) electrons. The molecule has 0 fully saturated rings. The number of anilines is 2. The lowest BCUT2D eigenvalue weighted by atomic mass is 10.2. The van der Waals surface area contributed by atoms with Crippen LogP contribution in [0.4, 0.5) is 11.6 Å². The molecular weight excluding hydrogens is 302 g/mol. The number of fused-ring (bicyclic) bond motifs is 1. The Morgan fingerprint density at radius 2 is 1.75 bits per heavy atom. The Labute approximate surface area is 137 Å². The van der Waals surface area contributed by atoms with E-state index < -0.39 is 0 Å². The fourth-order valence-corrected chi connectivity index (χ4v) is 2.59. The Bertz CT molecular complexity index is 1050. The number of hydrogen-bond acceptors (Lipinski definition) is 4. The second-order valence-corrected chi connectivity index (χ2v) is 5.53. The fraction of sp³-hybridized carbons (Fsp3) is 0.0556. The highest BCUT2D eigenvalue weighted by molar-refractivity contribution is 5.92. The van der Waals surface area contributed by atoms with E-state index in [1.807, 2.05) is 49.4 Å². The average molecular weight is 317 g/mol. The predicted octanol–water partition coefficient (Wildman–Crippen LogP) is 3.16. The first-order valence-electron chi connectivity index (χ1n) is 7.58. The van der Waals surface area contributed by atoms with Gasteiger partial charge in [-0.15, -0.1) is 5.10 Å². The van der Waals surface area contributed by atoms with Crippen LogP contribution in [0.3, 0.4) is 0 Å². The van der Waals surface area contributed by atoms with E-state index in [4.69, 9.17) is 0 Å². The summed E-state index contributed by atoms with van der Waals surface area (Å²) in [6.07, 6.45) is 1.72. The van der Waals surface area contributed by atoms with Crippen molar-refractivity contribution in [2.75, 3.05) is 5.32 Å². The van der Waals surface area contributed by atoms with Gasteiger partial charge in [-0.3, -0.25) is 9.89 Å². The molecule has 0 saturated heterocycles. The number of aromatic nitrogens is 4. The molecule has 118 valence electrons. The van der Waals surface area contributed by atoms with Crippen LogP contribution in [0.25, 0.3) is 16.5 Å². The minimum Gasteiger partial charge on any atom is -0.321 e. The van der Waals surface area contributed by atoms with Crippen LogP contribution in [0.2, 0.25) is 0 Å². The lowest BCUT2D eigenvalue weighted by Gasteiger charge is -2.11. The van der Waals surface area contributed by atoms with E-state index in [9.17, 15) is 4.79 Å². The summed E-state index contributed by atoms with van der Waals surface area (Å²) in [5.74, 6) is 1.22. The normalized spacial score (nSPS) is 10.9. The summed E-state index contributed by atoms with van der Waals surface area (Å²) in [7, 11) is 0. The molecule has 2 aromatic heterocycles. The summed E-state index contributed by atoms with van der Waals surface area (Å²) in [4.78, 5) is 12.8. The molecule has 0 unspecified atom stereocenters. The van der Waals surface area contributed by atoms with Crippen LogP contribution in [-0.2, 0) is 0 Å². The van der Waals surface area contributed by atoms with Crippen LogP contribution in [0.15, 0.2) is 65.6 Å². The Balaban J connectivity index is 1.95. The van der Waals surface area contributed by atoms with E-state index >= 15 is 0 Å². The van der Waals surface area contributed by atoms with E-state index in [0.717, 1.165) is 16.6 Å². The topological polar surface area (TPSA) is 75.6 Å². The Kier molecular flexibility index (Phi) is 3.35. The molecule has 0 atom stereocenters. The smallest absolute Gasteiger partial charge is 0.279 e. The zero-order valence-corrected chi connectivity index (χ0v) is 13.0. The van der Waals surface area contributed by atoms with Gasteiger partial charge in [-0.05, 0) is 25.1 Å². The van der Waals surface area contributed by atoms with Gasteiger partial charge in [-0.2, -0.15) is 9.78 Å². The Morgan fingerprint density at radius 1 is 1.00 bits per heavy atom. The van der Waals surface area contributed by atoms with Gasteiger partial charge in [-0.1, -0.05) is 35.9 Å². The third kappa shape index (κ3) is 2.44. The fourth-order valence-electron chi connectivity index (χ4n) is 2.59. The number of aryl methyl sites for hydroxylation is 1. The molecule has 0 aliphatic carbocycles. The van der Waals surface area contributed by atoms with Crippen LogP contribution >= 0.6 is 0 Å².